The molecule has 0 atom stereocenters. The summed E-state index contributed by atoms with van der Waals surface area (Å²) in [5, 5.41) is 17.1. The zero-order valence-electron chi connectivity index (χ0n) is 14.1. The van der Waals surface area contributed by atoms with E-state index in [1.165, 1.54) is 12.8 Å². The summed E-state index contributed by atoms with van der Waals surface area (Å²) < 4.78 is 0. The molecule has 6 nitrogen and oxygen atoms in total. The highest BCUT2D eigenvalue weighted by atomic mass is 16.4. The van der Waals surface area contributed by atoms with E-state index in [1.54, 1.807) is 0 Å². The highest BCUT2D eigenvalue weighted by Crippen LogP contribution is 2.04. The first-order chi connectivity index (χ1) is 10.4. The monoisotopic (exact) mass is 316 g/mol. The van der Waals surface area contributed by atoms with Crippen LogP contribution in [-0.4, -0.2) is 72.2 Å². The summed E-state index contributed by atoms with van der Waals surface area (Å²) in [6.45, 7) is 3.74. The van der Waals surface area contributed by atoms with Gasteiger partial charge in [0.2, 0.25) is 0 Å². The number of carbonyl (C=O) groups is 2. The number of carboxylic acids is 2. The van der Waals surface area contributed by atoms with Gasteiger partial charge in [-0.15, -0.1) is 0 Å². The minimum absolute atomic E-state index is 0.249. The van der Waals surface area contributed by atoms with Crippen LogP contribution in [0.4, 0.5) is 0 Å². The van der Waals surface area contributed by atoms with E-state index in [-0.39, 0.29) is 12.8 Å². The van der Waals surface area contributed by atoms with E-state index in [9.17, 15) is 9.59 Å². The highest BCUT2D eigenvalue weighted by molar-refractivity contribution is 5.66. The predicted octanol–water partition coefficient (Wildman–Crippen LogP) is 2.14. The van der Waals surface area contributed by atoms with Crippen LogP contribution >= 0.6 is 0 Å². The molecule has 0 aromatic carbocycles. The van der Waals surface area contributed by atoms with Crippen molar-refractivity contribution in [2.45, 2.75) is 51.4 Å². The molecule has 0 radical (unpaired) electrons. The van der Waals surface area contributed by atoms with Crippen LogP contribution in [0.5, 0.6) is 0 Å². The molecule has 130 valence electrons. The van der Waals surface area contributed by atoms with Crippen LogP contribution in [0.15, 0.2) is 0 Å². The predicted molar refractivity (Wildman–Crippen MR) is 87.2 cm³/mol. The lowest BCUT2D eigenvalue weighted by molar-refractivity contribution is -0.138. The number of carboxylic acid groups (broad SMARTS) is 2. The van der Waals surface area contributed by atoms with Crippen LogP contribution in [-0.2, 0) is 9.59 Å². The van der Waals surface area contributed by atoms with E-state index in [0.717, 1.165) is 39.0 Å². The van der Waals surface area contributed by atoms with E-state index in [1.807, 2.05) is 14.1 Å². The van der Waals surface area contributed by atoms with Gasteiger partial charge in [-0.2, -0.15) is 0 Å². The third-order valence-corrected chi connectivity index (χ3v) is 3.69. The van der Waals surface area contributed by atoms with Crippen LogP contribution in [0.2, 0.25) is 0 Å². The van der Waals surface area contributed by atoms with Crippen LogP contribution < -0.4 is 0 Å². The molecule has 0 fully saturated rings. The average Bonchev–Trinajstić information content (AvgIpc) is 2.41. The van der Waals surface area contributed by atoms with Gasteiger partial charge in [0.25, 0.3) is 0 Å². The minimum atomic E-state index is -0.721. The Labute approximate surface area is 134 Å². The number of unbranched alkanes of at least 4 members (excludes halogenated alkanes) is 3. The second-order valence-corrected chi connectivity index (χ2v) is 6.02. The molecule has 0 aliphatic carbocycles. The number of aliphatic carboxylic acids is 2. The third-order valence-electron chi connectivity index (χ3n) is 3.69. The summed E-state index contributed by atoms with van der Waals surface area (Å²) in [4.78, 5) is 25.2. The maximum atomic E-state index is 10.4. The van der Waals surface area contributed by atoms with E-state index in [0.29, 0.717) is 12.8 Å². The number of hydrogen-bond acceptors (Lipinski definition) is 4. The van der Waals surface area contributed by atoms with Crippen molar-refractivity contribution in [2.24, 2.45) is 0 Å². The minimum Gasteiger partial charge on any atom is -0.481 e. The molecule has 0 unspecified atom stereocenters. The lowest BCUT2D eigenvalue weighted by Gasteiger charge is -2.17. The van der Waals surface area contributed by atoms with Gasteiger partial charge >= 0.3 is 11.9 Å². The van der Waals surface area contributed by atoms with Gasteiger partial charge in [0.1, 0.15) is 0 Å². The van der Waals surface area contributed by atoms with E-state index >= 15 is 0 Å². The molecule has 6 heteroatoms. The Morgan fingerprint density at radius 2 is 0.955 bits per heavy atom. The highest BCUT2D eigenvalue weighted by Gasteiger charge is 2.03. The van der Waals surface area contributed by atoms with Crippen LogP contribution in [0.3, 0.4) is 0 Å². The van der Waals surface area contributed by atoms with Gasteiger partial charge in [-0.1, -0.05) is 12.8 Å². The molecule has 0 saturated carbocycles. The van der Waals surface area contributed by atoms with Crippen LogP contribution in [0.1, 0.15) is 51.4 Å². The molecule has 2 N–H and O–H groups in total. The fourth-order valence-corrected chi connectivity index (χ4v) is 2.34. The summed E-state index contributed by atoms with van der Waals surface area (Å²) in [5.41, 5.74) is 0. The van der Waals surface area contributed by atoms with Crippen LogP contribution in [0.25, 0.3) is 0 Å². The largest absolute Gasteiger partial charge is 0.481 e. The Hall–Kier alpha value is -1.14. The van der Waals surface area contributed by atoms with E-state index in [4.69, 9.17) is 10.2 Å². The van der Waals surface area contributed by atoms with Gasteiger partial charge in [-0.25, -0.2) is 0 Å². The summed E-state index contributed by atoms with van der Waals surface area (Å²) in [6, 6.07) is 0. The molecule has 0 aliphatic rings. The Morgan fingerprint density at radius 3 is 1.27 bits per heavy atom. The molecule has 22 heavy (non-hydrogen) atoms. The van der Waals surface area contributed by atoms with E-state index in [2.05, 4.69) is 9.80 Å². The summed E-state index contributed by atoms with van der Waals surface area (Å²) >= 11 is 0. The Kier molecular flexibility index (Phi) is 12.8. The van der Waals surface area contributed by atoms with Crippen molar-refractivity contribution in [3.8, 4) is 0 Å². The molecule has 0 aromatic rings. The topological polar surface area (TPSA) is 81.1 Å². The van der Waals surface area contributed by atoms with E-state index < -0.39 is 11.9 Å². The van der Waals surface area contributed by atoms with Gasteiger partial charge in [0, 0.05) is 12.8 Å². The number of nitrogens with zero attached hydrogens (tertiary/aromatic N) is 2. The first-order valence-corrected chi connectivity index (χ1v) is 8.22. The van der Waals surface area contributed by atoms with Crippen molar-refractivity contribution < 1.29 is 19.8 Å². The molecule has 0 bridgehead atoms. The smallest absolute Gasteiger partial charge is 0.303 e. The van der Waals surface area contributed by atoms with Crippen molar-refractivity contribution in [1.29, 1.82) is 0 Å². The zero-order valence-corrected chi connectivity index (χ0v) is 14.1. The molecule has 0 rings (SSSR count). The Balaban J connectivity index is 3.34. The Morgan fingerprint density at radius 1 is 0.636 bits per heavy atom. The fraction of sp³-hybridized carbons (Fsp3) is 0.875. The zero-order chi connectivity index (χ0) is 16.8. The quantitative estimate of drug-likeness (QED) is 0.451. The van der Waals surface area contributed by atoms with Crippen molar-refractivity contribution >= 4 is 11.9 Å². The third kappa shape index (κ3) is 15.3. The van der Waals surface area contributed by atoms with Crippen molar-refractivity contribution in [3.05, 3.63) is 0 Å². The summed E-state index contributed by atoms with van der Waals surface area (Å²) in [6.07, 6.45) is 6.59. The molecule has 0 saturated heterocycles. The van der Waals surface area contributed by atoms with Crippen LogP contribution in [0, 0.1) is 0 Å². The van der Waals surface area contributed by atoms with Gasteiger partial charge in [0.15, 0.2) is 0 Å². The fourth-order valence-electron chi connectivity index (χ4n) is 2.34. The van der Waals surface area contributed by atoms with Crippen molar-refractivity contribution in [2.75, 3.05) is 40.3 Å². The molecule has 0 aromatic heterocycles. The first-order valence-electron chi connectivity index (χ1n) is 8.22. The molecular weight excluding hydrogens is 284 g/mol. The summed E-state index contributed by atoms with van der Waals surface area (Å²) in [5.74, 6) is -1.44. The molecule has 0 amide bonds. The second kappa shape index (κ2) is 13.5. The molecule has 0 spiro atoms. The van der Waals surface area contributed by atoms with Crippen molar-refractivity contribution in [3.63, 3.8) is 0 Å². The SMILES string of the molecule is CN(CCCCCCN(C)CCCC(=O)O)CCCC(=O)O. The maximum Gasteiger partial charge on any atom is 0.303 e. The number of hydrogen-bond donors (Lipinski definition) is 2. The molecular formula is C16H32N2O4. The standard InChI is InChI=1S/C16H32N2O4/c1-17(13-7-9-15(19)20)11-5-3-4-6-12-18(2)14-8-10-16(21)22/h3-14H2,1-2H3,(H,19,20)(H,21,22). The maximum absolute atomic E-state index is 10.4. The van der Waals surface area contributed by atoms with Gasteiger partial charge in [0.05, 0.1) is 0 Å². The normalized spacial score (nSPS) is 11.3. The summed E-state index contributed by atoms with van der Waals surface area (Å²) in [7, 11) is 4.08. The lowest BCUT2D eigenvalue weighted by atomic mass is 10.1. The van der Waals surface area contributed by atoms with Crippen molar-refractivity contribution in [1.82, 2.24) is 9.80 Å². The van der Waals surface area contributed by atoms with Gasteiger partial charge in [-0.05, 0) is 66.0 Å². The molecule has 0 aliphatic heterocycles. The first kappa shape index (κ1) is 20.9. The number of rotatable bonds is 15. The molecule has 0 heterocycles. The van der Waals surface area contributed by atoms with Gasteiger partial charge in [-0.3, -0.25) is 9.59 Å². The average molecular weight is 316 g/mol. The van der Waals surface area contributed by atoms with Gasteiger partial charge < -0.3 is 20.0 Å². The Bertz CT molecular complexity index is 281. The lowest BCUT2D eigenvalue weighted by Crippen LogP contribution is -2.22. The second-order valence-electron chi connectivity index (χ2n) is 6.02.